The van der Waals surface area contributed by atoms with Gasteiger partial charge in [0.15, 0.2) is 11.5 Å². The number of hydrogen-bond donors (Lipinski definition) is 1. The first-order valence-electron chi connectivity index (χ1n) is 8.98. The van der Waals surface area contributed by atoms with E-state index in [1.54, 1.807) is 25.3 Å². The predicted octanol–water partition coefficient (Wildman–Crippen LogP) is 4.20. The summed E-state index contributed by atoms with van der Waals surface area (Å²) in [6, 6.07) is 12.9. The lowest BCUT2D eigenvalue weighted by Gasteiger charge is -2.13. The minimum Gasteiger partial charge on any atom is -0.497 e. The number of carbonyl (C=O) groups is 1. The predicted molar refractivity (Wildman–Crippen MR) is 102 cm³/mol. The molecule has 0 aromatic heterocycles. The number of nitrogens with one attached hydrogen (secondary N) is 1. The minimum atomic E-state index is -0.149. The Kier molecular flexibility index (Phi) is 7.80. The van der Waals surface area contributed by atoms with Gasteiger partial charge in [-0.05, 0) is 48.7 Å². The Labute approximate surface area is 155 Å². The van der Waals surface area contributed by atoms with Gasteiger partial charge in [-0.3, -0.25) is 4.79 Å². The van der Waals surface area contributed by atoms with E-state index in [1.165, 1.54) is 0 Å². The smallest absolute Gasteiger partial charge is 0.251 e. The zero-order valence-corrected chi connectivity index (χ0v) is 15.7. The van der Waals surface area contributed by atoms with Gasteiger partial charge < -0.3 is 19.5 Å². The lowest BCUT2D eigenvalue weighted by Crippen LogP contribution is -2.22. The van der Waals surface area contributed by atoms with Crippen molar-refractivity contribution in [2.45, 2.75) is 33.2 Å². The van der Waals surface area contributed by atoms with Crippen LogP contribution in [0.3, 0.4) is 0 Å². The van der Waals surface area contributed by atoms with Crippen LogP contribution in [0.4, 0.5) is 0 Å². The molecule has 1 amide bonds. The van der Waals surface area contributed by atoms with Crippen molar-refractivity contribution in [3.63, 3.8) is 0 Å². The van der Waals surface area contributed by atoms with E-state index < -0.39 is 0 Å². The summed E-state index contributed by atoms with van der Waals surface area (Å²) in [4.78, 5) is 12.5. The van der Waals surface area contributed by atoms with E-state index in [2.05, 4.69) is 5.32 Å². The molecular weight excluding hydrogens is 330 g/mol. The molecule has 0 aliphatic rings. The molecular formula is C21H27NO4. The second kappa shape index (κ2) is 10.3. The maximum absolute atomic E-state index is 12.5. The van der Waals surface area contributed by atoms with Crippen LogP contribution in [-0.2, 0) is 6.54 Å². The largest absolute Gasteiger partial charge is 0.497 e. The third-order valence-electron chi connectivity index (χ3n) is 3.74. The van der Waals surface area contributed by atoms with Gasteiger partial charge in [-0.25, -0.2) is 0 Å². The van der Waals surface area contributed by atoms with Crippen molar-refractivity contribution in [3.8, 4) is 17.2 Å². The van der Waals surface area contributed by atoms with Crippen LogP contribution in [0, 0.1) is 0 Å². The standard InChI is InChI=1S/C21H27NO4/c1-4-12-25-19-11-8-17(14-20(19)26-13-5-2)21(23)22-15-16-6-9-18(24-3)10-7-16/h6-11,14H,4-5,12-13,15H2,1-3H3,(H,22,23). The maximum Gasteiger partial charge on any atom is 0.251 e. The molecule has 2 aromatic rings. The van der Waals surface area contributed by atoms with Gasteiger partial charge in [0.2, 0.25) is 0 Å². The Balaban J connectivity index is 2.04. The molecule has 0 aliphatic carbocycles. The first kappa shape index (κ1) is 19.6. The van der Waals surface area contributed by atoms with Crippen molar-refractivity contribution < 1.29 is 19.0 Å². The summed E-state index contributed by atoms with van der Waals surface area (Å²) in [5.74, 6) is 1.93. The number of carbonyl (C=O) groups excluding carboxylic acids is 1. The molecule has 1 N–H and O–H groups in total. The van der Waals surface area contributed by atoms with Crippen molar-refractivity contribution >= 4 is 5.91 Å². The van der Waals surface area contributed by atoms with E-state index >= 15 is 0 Å². The molecule has 5 heteroatoms. The summed E-state index contributed by atoms with van der Waals surface area (Å²) in [7, 11) is 1.63. The quantitative estimate of drug-likeness (QED) is 0.692. The molecule has 2 aromatic carbocycles. The highest BCUT2D eigenvalue weighted by atomic mass is 16.5. The van der Waals surface area contributed by atoms with Gasteiger partial charge in [0.1, 0.15) is 5.75 Å². The number of amides is 1. The molecule has 0 unspecified atom stereocenters. The Hall–Kier alpha value is -2.69. The molecule has 0 saturated carbocycles. The van der Waals surface area contributed by atoms with Crippen LogP contribution >= 0.6 is 0 Å². The lowest BCUT2D eigenvalue weighted by atomic mass is 10.1. The third-order valence-corrected chi connectivity index (χ3v) is 3.74. The summed E-state index contributed by atoms with van der Waals surface area (Å²) in [6.07, 6.45) is 1.80. The molecule has 5 nitrogen and oxygen atoms in total. The highest BCUT2D eigenvalue weighted by molar-refractivity contribution is 5.94. The molecule has 0 heterocycles. The molecule has 2 rings (SSSR count). The van der Waals surface area contributed by atoms with Crippen molar-refractivity contribution in [3.05, 3.63) is 53.6 Å². The molecule has 26 heavy (non-hydrogen) atoms. The first-order valence-corrected chi connectivity index (χ1v) is 8.98. The normalized spacial score (nSPS) is 10.3. The molecule has 140 valence electrons. The van der Waals surface area contributed by atoms with E-state index in [1.807, 2.05) is 38.1 Å². The van der Waals surface area contributed by atoms with E-state index in [0.717, 1.165) is 24.2 Å². The van der Waals surface area contributed by atoms with E-state index in [9.17, 15) is 4.79 Å². The van der Waals surface area contributed by atoms with Crippen LogP contribution in [0.2, 0.25) is 0 Å². The fourth-order valence-electron chi connectivity index (χ4n) is 2.33. The van der Waals surface area contributed by atoms with Crippen LogP contribution in [0.5, 0.6) is 17.2 Å². The van der Waals surface area contributed by atoms with Gasteiger partial charge in [-0.1, -0.05) is 26.0 Å². The monoisotopic (exact) mass is 357 g/mol. The summed E-state index contributed by atoms with van der Waals surface area (Å²) in [5.41, 5.74) is 1.55. The number of rotatable bonds is 10. The van der Waals surface area contributed by atoms with Crippen LogP contribution < -0.4 is 19.5 Å². The number of ether oxygens (including phenoxy) is 3. The van der Waals surface area contributed by atoms with Gasteiger partial charge >= 0.3 is 0 Å². The second-order valence-corrected chi connectivity index (χ2v) is 5.89. The number of methoxy groups -OCH3 is 1. The maximum atomic E-state index is 12.5. The Morgan fingerprint density at radius 3 is 2.19 bits per heavy atom. The van der Waals surface area contributed by atoms with Gasteiger partial charge in [-0.15, -0.1) is 0 Å². The van der Waals surface area contributed by atoms with Crippen molar-refractivity contribution in [1.29, 1.82) is 0 Å². The topological polar surface area (TPSA) is 56.8 Å². The molecule has 0 atom stereocenters. The molecule has 0 spiro atoms. The van der Waals surface area contributed by atoms with Crippen LogP contribution in [0.15, 0.2) is 42.5 Å². The summed E-state index contributed by atoms with van der Waals surface area (Å²) in [6.45, 7) is 5.73. The average molecular weight is 357 g/mol. The zero-order chi connectivity index (χ0) is 18.8. The summed E-state index contributed by atoms with van der Waals surface area (Å²) >= 11 is 0. The highest BCUT2D eigenvalue weighted by Gasteiger charge is 2.12. The van der Waals surface area contributed by atoms with Crippen molar-refractivity contribution in [2.24, 2.45) is 0 Å². The fourth-order valence-corrected chi connectivity index (χ4v) is 2.33. The summed E-state index contributed by atoms with van der Waals surface area (Å²) in [5, 5.41) is 2.92. The number of benzene rings is 2. The molecule has 0 fully saturated rings. The Morgan fingerprint density at radius 1 is 0.923 bits per heavy atom. The van der Waals surface area contributed by atoms with Crippen molar-refractivity contribution in [1.82, 2.24) is 5.32 Å². The van der Waals surface area contributed by atoms with Crippen LogP contribution in [0.25, 0.3) is 0 Å². The SMILES string of the molecule is CCCOc1ccc(C(=O)NCc2ccc(OC)cc2)cc1OCCC. The Morgan fingerprint density at radius 2 is 1.58 bits per heavy atom. The van der Waals surface area contributed by atoms with Crippen molar-refractivity contribution in [2.75, 3.05) is 20.3 Å². The number of hydrogen-bond acceptors (Lipinski definition) is 4. The highest BCUT2D eigenvalue weighted by Crippen LogP contribution is 2.29. The Bertz CT molecular complexity index is 698. The minimum absolute atomic E-state index is 0.149. The van der Waals surface area contributed by atoms with Crippen LogP contribution in [-0.4, -0.2) is 26.2 Å². The zero-order valence-electron chi connectivity index (χ0n) is 15.7. The first-order chi connectivity index (χ1) is 12.7. The van der Waals surface area contributed by atoms with Gasteiger partial charge in [0.05, 0.1) is 20.3 Å². The van der Waals surface area contributed by atoms with E-state index in [4.69, 9.17) is 14.2 Å². The van der Waals surface area contributed by atoms with Gasteiger partial charge in [0, 0.05) is 12.1 Å². The average Bonchev–Trinajstić information content (AvgIpc) is 2.69. The van der Waals surface area contributed by atoms with Gasteiger partial charge in [0.25, 0.3) is 5.91 Å². The molecule has 0 saturated heterocycles. The summed E-state index contributed by atoms with van der Waals surface area (Å²) < 4.78 is 16.6. The third kappa shape index (κ3) is 5.69. The fraction of sp³-hybridized carbons (Fsp3) is 0.381. The van der Waals surface area contributed by atoms with Crippen LogP contribution in [0.1, 0.15) is 42.6 Å². The van der Waals surface area contributed by atoms with E-state index in [-0.39, 0.29) is 5.91 Å². The second-order valence-electron chi connectivity index (χ2n) is 5.89. The van der Waals surface area contributed by atoms with E-state index in [0.29, 0.717) is 36.8 Å². The molecule has 0 radical (unpaired) electrons. The molecule has 0 bridgehead atoms. The van der Waals surface area contributed by atoms with Gasteiger partial charge in [-0.2, -0.15) is 0 Å². The lowest BCUT2D eigenvalue weighted by molar-refractivity contribution is 0.0950. The molecule has 0 aliphatic heterocycles.